The molecule has 1 aliphatic rings. The molecule has 0 saturated carbocycles. The van der Waals surface area contributed by atoms with E-state index in [-0.39, 0.29) is 0 Å². The topological polar surface area (TPSA) is 66.8 Å². The second-order valence-corrected chi connectivity index (χ2v) is 4.87. The number of hydrogen-bond acceptors (Lipinski definition) is 3. The fourth-order valence-electron chi connectivity index (χ4n) is 1.26. The minimum atomic E-state index is -0.932. The van der Waals surface area contributed by atoms with Gasteiger partial charge in [0.2, 0.25) is 0 Å². The van der Waals surface area contributed by atoms with Crippen molar-refractivity contribution >= 4 is 12.1 Å². The number of hydrogen-bond donors (Lipinski definition) is 1. The van der Waals surface area contributed by atoms with Crippen molar-refractivity contribution in [3.05, 3.63) is 11.1 Å². The summed E-state index contributed by atoms with van der Waals surface area (Å²) in [5, 5.41) is 8.74. The Kier molecular flexibility index (Phi) is 3.26. The number of ether oxygens (including phenoxy) is 1. The lowest BCUT2D eigenvalue weighted by atomic mass is 10.0. The Hall–Kier alpha value is -1.52. The first-order valence-electron chi connectivity index (χ1n) is 5.10. The molecule has 0 aromatic heterocycles. The molecular formula is C11H17NO4. The Bertz CT molecular complexity index is 343. The van der Waals surface area contributed by atoms with Crippen molar-refractivity contribution in [2.75, 3.05) is 13.1 Å². The predicted molar refractivity (Wildman–Crippen MR) is 58.1 cm³/mol. The predicted octanol–water partition coefficient (Wildman–Crippen LogP) is 1.64. The monoisotopic (exact) mass is 227 g/mol. The molecule has 16 heavy (non-hydrogen) atoms. The number of rotatable bonds is 1. The van der Waals surface area contributed by atoms with E-state index >= 15 is 0 Å². The molecule has 0 radical (unpaired) electrons. The van der Waals surface area contributed by atoms with Gasteiger partial charge in [-0.25, -0.2) is 9.59 Å². The fraction of sp³-hybridized carbons (Fsp3) is 0.636. The Labute approximate surface area is 94.7 Å². The van der Waals surface area contributed by atoms with Gasteiger partial charge in [0.1, 0.15) is 5.60 Å². The molecule has 0 unspecified atom stereocenters. The van der Waals surface area contributed by atoms with Gasteiger partial charge in [0.15, 0.2) is 0 Å². The molecule has 1 amide bonds. The summed E-state index contributed by atoms with van der Waals surface area (Å²) in [4.78, 5) is 23.6. The average Bonchev–Trinajstić information content (AvgIpc) is 1.96. The molecule has 0 spiro atoms. The van der Waals surface area contributed by atoms with Gasteiger partial charge < -0.3 is 14.7 Å². The SMILES string of the molecule is CC(C(=O)O)=C1CN(C(=O)OC(C)(C)C)C1. The molecule has 1 fully saturated rings. The van der Waals surface area contributed by atoms with Crippen LogP contribution < -0.4 is 0 Å². The molecule has 5 nitrogen and oxygen atoms in total. The molecule has 90 valence electrons. The molecule has 1 heterocycles. The Morgan fingerprint density at radius 1 is 1.31 bits per heavy atom. The number of aliphatic carboxylic acids is 1. The van der Waals surface area contributed by atoms with Crippen LogP contribution in [0.3, 0.4) is 0 Å². The van der Waals surface area contributed by atoms with Crippen molar-refractivity contribution < 1.29 is 19.4 Å². The van der Waals surface area contributed by atoms with Crippen molar-refractivity contribution in [3.8, 4) is 0 Å². The zero-order valence-corrected chi connectivity index (χ0v) is 10.0. The van der Waals surface area contributed by atoms with E-state index in [1.165, 1.54) is 4.90 Å². The van der Waals surface area contributed by atoms with Gasteiger partial charge in [-0.3, -0.25) is 0 Å². The zero-order chi connectivity index (χ0) is 12.5. The molecule has 0 aromatic carbocycles. The molecule has 1 saturated heterocycles. The van der Waals surface area contributed by atoms with Crippen molar-refractivity contribution in [1.29, 1.82) is 0 Å². The van der Waals surface area contributed by atoms with Gasteiger partial charge >= 0.3 is 12.1 Å². The van der Waals surface area contributed by atoms with Gasteiger partial charge in [-0.2, -0.15) is 0 Å². The third-order valence-electron chi connectivity index (χ3n) is 2.27. The third kappa shape index (κ3) is 2.98. The van der Waals surface area contributed by atoms with Crippen molar-refractivity contribution in [3.63, 3.8) is 0 Å². The maximum Gasteiger partial charge on any atom is 0.410 e. The number of carboxylic acid groups (broad SMARTS) is 1. The first-order valence-corrected chi connectivity index (χ1v) is 5.10. The van der Waals surface area contributed by atoms with E-state index in [1.807, 2.05) is 0 Å². The number of nitrogens with zero attached hydrogens (tertiary/aromatic N) is 1. The second-order valence-electron chi connectivity index (χ2n) is 4.87. The van der Waals surface area contributed by atoms with Gasteiger partial charge in [0.25, 0.3) is 0 Å². The van der Waals surface area contributed by atoms with Crippen molar-refractivity contribution in [2.24, 2.45) is 0 Å². The van der Waals surface area contributed by atoms with Crippen LogP contribution in [0.15, 0.2) is 11.1 Å². The molecule has 1 aliphatic heterocycles. The highest BCUT2D eigenvalue weighted by atomic mass is 16.6. The van der Waals surface area contributed by atoms with Crippen LogP contribution in [0.25, 0.3) is 0 Å². The zero-order valence-electron chi connectivity index (χ0n) is 10.0. The normalized spacial score (nSPS) is 15.5. The van der Waals surface area contributed by atoms with Crippen LogP contribution in [-0.4, -0.2) is 40.8 Å². The minimum absolute atomic E-state index is 0.319. The number of likely N-dealkylation sites (tertiary alicyclic amines) is 1. The summed E-state index contributed by atoms with van der Waals surface area (Å²) >= 11 is 0. The number of carboxylic acids is 1. The van der Waals surface area contributed by atoms with Gasteiger partial charge in [0.05, 0.1) is 0 Å². The summed E-state index contributed by atoms with van der Waals surface area (Å²) in [6.07, 6.45) is -0.394. The molecule has 1 rings (SSSR count). The Morgan fingerprint density at radius 2 is 1.81 bits per heavy atom. The lowest BCUT2D eigenvalue weighted by Crippen LogP contribution is -2.47. The van der Waals surface area contributed by atoms with Crippen LogP contribution in [0, 0.1) is 0 Å². The smallest absolute Gasteiger partial charge is 0.410 e. The van der Waals surface area contributed by atoms with Crippen LogP contribution >= 0.6 is 0 Å². The minimum Gasteiger partial charge on any atom is -0.478 e. The summed E-state index contributed by atoms with van der Waals surface area (Å²) < 4.78 is 5.15. The fourth-order valence-corrected chi connectivity index (χ4v) is 1.26. The summed E-state index contributed by atoms with van der Waals surface area (Å²) in [6.45, 7) is 7.64. The molecule has 0 aromatic rings. The van der Waals surface area contributed by atoms with Crippen LogP contribution in [0.1, 0.15) is 27.7 Å². The van der Waals surface area contributed by atoms with Crippen LogP contribution in [0.4, 0.5) is 4.79 Å². The van der Waals surface area contributed by atoms with E-state index in [0.717, 1.165) is 5.57 Å². The van der Waals surface area contributed by atoms with Crippen LogP contribution in [0.2, 0.25) is 0 Å². The average molecular weight is 227 g/mol. The third-order valence-corrected chi connectivity index (χ3v) is 2.27. The maximum atomic E-state index is 11.5. The first kappa shape index (κ1) is 12.5. The van der Waals surface area contributed by atoms with E-state index in [9.17, 15) is 9.59 Å². The van der Waals surface area contributed by atoms with Crippen molar-refractivity contribution in [2.45, 2.75) is 33.3 Å². The summed E-state index contributed by atoms with van der Waals surface area (Å²) in [7, 11) is 0. The van der Waals surface area contributed by atoms with E-state index < -0.39 is 17.7 Å². The standard InChI is InChI=1S/C11H17NO4/c1-7(9(13)14)8-5-12(6-8)10(15)16-11(2,3)4/h5-6H2,1-4H3,(H,13,14). The van der Waals surface area contributed by atoms with E-state index in [1.54, 1.807) is 27.7 Å². The largest absolute Gasteiger partial charge is 0.478 e. The lowest BCUT2D eigenvalue weighted by molar-refractivity contribution is -0.132. The van der Waals surface area contributed by atoms with Gasteiger partial charge in [0, 0.05) is 18.7 Å². The highest BCUT2D eigenvalue weighted by Gasteiger charge is 2.31. The number of carbonyl (C=O) groups is 2. The molecule has 0 aliphatic carbocycles. The molecular weight excluding hydrogens is 210 g/mol. The van der Waals surface area contributed by atoms with Gasteiger partial charge in [-0.1, -0.05) is 0 Å². The highest BCUT2D eigenvalue weighted by molar-refractivity contribution is 5.88. The van der Waals surface area contributed by atoms with Crippen molar-refractivity contribution in [1.82, 2.24) is 4.90 Å². The highest BCUT2D eigenvalue weighted by Crippen LogP contribution is 2.21. The maximum absolute atomic E-state index is 11.5. The summed E-state index contributed by atoms with van der Waals surface area (Å²) in [5.41, 5.74) is 0.580. The van der Waals surface area contributed by atoms with Crippen LogP contribution in [-0.2, 0) is 9.53 Å². The molecule has 1 N–H and O–H groups in total. The van der Waals surface area contributed by atoms with Crippen LogP contribution in [0.5, 0.6) is 0 Å². The van der Waals surface area contributed by atoms with E-state index in [0.29, 0.717) is 18.7 Å². The van der Waals surface area contributed by atoms with Gasteiger partial charge in [-0.15, -0.1) is 0 Å². The quantitative estimate of drug-likeness (QED) is 0.691. The Morgan fingerprint density at radius 3 is 2.19 bits per heavy atom. The van der Waals surface area contributed by atoms with E-state index in [4.69, 9.17) is 9.84 Å². The first-order chi connectivity index (χ1) is 7.20. The Balaban J connectivity index is 2.51. The number of amides is 1. The number of carbonyl (C=O) groups excluding carboxylic acids is 1. The molecule has 0 bridgehead atoms. The summed E-state index contributed by atoms with van der Waals surface area (Å²) in [5.74, 6) is -0.932. The molecule has 0 atom stereocenters. The second kappa shape index (κ2) is 4.15. The lowest BCUT2D eigenvalue weighted by Gasteiger charge is -2.36. The van der Waals surface area contributed by atoms with E-state index in [2.05, 4.69) is 0 Å². The van der Waals surface area contributed by atoms with Gasteiger partial charge in [-0.05, 0) is 33.3 Å². The molecule has 5 heteroatoms. The summed E-state index contributed by atoms with van der Waals surface area (Å²) in [6, 6.07) is 0.